The van der Waals surface area contributed by atoms with E-state index in [1.165, 1.54) is 4.57 Å². The van der Waals surface area contributed by atoms with Crippen LogP contribution >= 0.6 is 0 Å². The number of nitrogens with zero attached hydrogens (tertiary/aromatic N) is 1. The summed E-state index contributed by atoms with van der Waals surface area (Å²) in [5.41, 5.74) is 1.07. The fourth-order valence-corrected chi connectivity index (χ4v) is 6.72. The minimum Gasteiger partial charge on any atom is -0.497 e. The lowest BCUT2D eigenvalue weighted by molar-refractivity contribution is -0.0978. The average Bonchev–Trinajstić information content (AvgIpc) is 3.46. The second-order valence-electron chi connectivity index (χ2n) is 13.6. The maximum Gasteiger partial charge on any atom is 0.330 e. The molecule has 3 atom stereocenters. The van der Waals surface area contributed by atoms with Gasteiger partial charge in [-0.15, -0.1) is 0 Å². The first kappa shape index (κ1) is 34.4. The highest BCUT2D eigenvalue weighted by atomic mass is 28.4. The lowest BCUT2D eigenvalue weighted by Crippen LogP contribution is -2.46. The third kappa shape index (κ3) is 7.01. The SMILES string of the molecule is COc1ccc(C(O[C@H]2C[C@@H](n3cc(C)c(=O)[nH]c3=O)O[C@@H]2CO[Si](C)(C)C(C)(C)C)(c2ccccc2)c2ccc(OC)cc2)cc1. The molecular weight excluding hydrogens is 613 g/mol. The average molecular weight is 659 g/mol. The van der Waals surface area contributed by atoms with Crippen molar-refractivity contribution in [3.8, 4) is 11.5 Å². The Labute approximate surface area is 277 Å². The second-order valence-corrected chi connectivity index (χ2v) is 18.4. The van der Waals surface area contributed by atoms with Gasteiger partial charge in [0.1, 0.15) is 29.4 Å². The Morgan fingerprint density at radius 1 is 0.851 bits per heavy atom. The van der Waals surface area contributed by atoms with E-state index in [1.807, 2.05) is 66.7 Å². The highest BCUT2D eigenvalue weighted by Crippen LogP contribution is 2.46. The molecule has 1 fully saturated rings. The Bertz CT molecular complexity index is 1710. The number of aromatic nitrogens is 2. The molecule has 3 aromatic carbocycles. The van der Waals surface area contributed by atoms with E-state index in [4.69, 9.17) is 23.4 Å². The molecule has 1 N–H and O–H groups in total. The lowest BCUT2D eigenvalue weighted by Gasteiger charge is -2.40. The smallest absolute Gasteiger partial charge is 0.330 e. The molecule has 0 unspecified atom stereocenters. The molecule has 47 heavy (non-hydrogen) atoms. The predicted octanol–water partition coefficient (Wildman–Crippen LogP) is 6.55. The number of benzene rings is 3. The monoisotopic (exact) mass is 658 g/mol. The molecule has 0 spiro atoms. The van der Waals surface area contributed by atoms with Crippen LogP contribution in [-0.4, -0.2) is 50.9 Å². The normalized spacial score (nSPS) is 18.7. The van der Waals surface area contributed by atoms with Crippen LogP contribution in [-0.2, 0) is 19.5 Å². The van der Waals surface area contributed by atoms with E-state index in [1.54, 1.807) is 27.3 Å². The van der Waals surface area contributed by atoms with Gasteiger partial charge in [-0.05, 0) is 66.0 Å². The topological polar surface area (TPSA) is 101 Å². The van der Waals surface area contributed by atoms with Crippen LogP contribution < -0.4 is 20.7 Å². The number of methoxy groups -OCH3 is 2. The number of H-pyrrole nitrogens is 1. The van der Waals surface area contributed by atoms with Crippen molar-refractivity contribution in [1.82, 2.24) is 9.55 Å². The number of aryl methyl sites for hydroxylation is 1. The number of rotatable bonds is 11. The molecular formula is C37H46N2O7Si. The highest BCUT2D eigenvalue weighted by Gasteiger charge is 2.47. The molecule has 1 aliphatic rings. The molecule has 5 rings (SSSR count). The van der Waals surface area contributed by atoms with Crippen LogP contribution in [0.3, 0.4) is 0 Å². The minimum atomic E-state index is -2.18. The third-order valence-electron chi connectivity index (χ3n) is 9.55. The first-order valence-corrected chi connectivity index (χ1v) is 18.8. The zero-order valence-corrected chi connectivity index (χ0v) is 29.5. The predicted molar refractivity (Wildman–Crippen MR) is 185 cm³/mol. The molecule has 10 heteroatoms. The molecule has 0 radical (unpaired) electrons. The van der Waals surface area contributed by atoms with Gasteiger partial charge in [0.25, 0.3) is 5.56 Å². The van der Waals surface area contributed by atoms with Crippen LogP contribution in [0.4, 0.5) is 0 Å². The zero-order chi connectivity index (χ0) is 34.0. The first-order chi connectivity index (χ1) is 22.3. The van der Waals surface area contributed by atoms with Gasteiger partial charge in [0, 0.05) is 18.2 Å². The van der Waals surface area contributed by atoms with Gasteiger partial charge in [-0.2, -0.15) is 0 Å². The van der Waals surface area contributed by atoms with E-state index in [0.717, 1.165) is 28.2 Å². The standard InChI is InChI=1S/C37H46N2O7Si/c1-25-23-39(35(41)38-34(25)40)33-22-31(32(45-33)24-44-47(7,8)36(2,3)4)46-37(26-12-10-9-11-13-26,27-14-18-29(42-5)19-15-27)28-16-20-30(43-6)21-17-28/h9-21,23,31-33H,22,24H2,1-8H3,(H,38,40,41)/t31-,32+,33-/m0/s1. The number of aromatic amines is 1. The van der Waals surface area contributed by atoms with Crippen molar-refractivity contribution in [2.75, 3.05) is 20.8 Å². The van der Waals surface area contributed by atoms with Gasteiger partial charge >= 0.3 is 5.69 Å². The minimum absolute atomic E-state index is 0.0195. The van der Waals surface area contributed by atoms with E-state index in [2.05, 4.69) is 51.0 Å². The maximum absolute atomic E-state index is 13.1. The van der Waals surface area contributed by atoms with Crippen LogP contribution in [0.15, 0.2) is 94.6 Å². The van der Waals surface area contributed by atoms with Crippen LogP contribution in [0.2, 0.25) is 18.1 Å². The van der Waals surface area contributed by atoms with Crippen molar-refractivity contribution in [3.63, 3.8) is 0 Å². The number of hydrogen-bond donors (Lipinski definition) is 1. The highest BCUT2D eigenvalue weighted by molar-refractivity contribution is 6.74. The Kier molecular flexibility index (Phi) is 9.98. The molecule has 250 valence electrons. The summed E-state index contributed by atoms with van der Waals surface area (Å²) >= 11 is 0. The van der Waals surface area contributed by atoms with Crippen molar-refractivity contribution >= 4 is 8.32 Å². The lowest BCUT2D eigenvalue weighted by atomic mass is 9.79. The molecule has 4 aromatic rings. The van der Waals surface area contributed by atoms with E-state index >= 15 is 0 Å². The number of ether oxygens (including phenoxy) is 4. The molecule has 0 bridgehead atoms. The summed E-state index contributed by atoms with van der Waals surface area (Å²) < 4.78 is 33.3. The largest absolute Gasteiger partial charge is 0.497 e. The first-order valence-electron chi connectivity index (χ1n) is 15.9. The molecule has 0 amide bonds. The Morgan fingerprint density at radius 3 is 1.89 bits per heavy atom. The summed E-state index contributed by atoms with van der Waals surface area (Å²) in [6, 6.07) is 25.8. The van der Waals surface area contributed by atoms with Crippen molar-refractivity contribution in [1.29, 1.82) is 0 Å². The summed E-state index contributed by atoms with van der Waals surface area (Å²) in [4.78, 5) is 27.7. The third-order valence-corrected chi connectivity index (χ3v) is 14.1. The van der Waals surface area contributed by atoms with E-state index in [9.17, 15) is 9.59 Å². The molecule has 0 saturated carbocycles. The molecule has 1 aromatic heterocycles. The van der Waals surface area contributed by atoms with Gasteiger partial charge in [-0.1, -0.05) is 75.4 Å². The summed E-state index contributed by atoms with van der Waals surface area (Å²) in [5.74, 6) is 1.45. The number of nitrogens with one attached hydrogen (secondary N) is 1. The van der Waals surface area contributed by atoms with Crippen molar-refractivity contribution < 1.29 is 23.4 Å². The second kappa shape index (κ2) is 13.6. The van der Waals surface area contributed by atoms with Gasteiger partial charge in [-0.25, -0.2) is 4.79 Å². The quantitative estimate of drug-likeness (QED) is 0.144. The van der Waals surface area contributed by atoms with Gasteiger partial charge in [-0.3, -0.25) is 14.3 Å². The summed E-state index contributed by atoms with van der Waals surface area (Å²) in [5, 5.41) is -0.0195. The number of hydrogen-bond acceptors (Lipinski definition) is 7. The maximum atomic E-state index is 13.1. The Balaban J connectivity index is 1.66. The van der Waals surface area contributed by atoms with E-state index in [-0.39, 0.29) is 11.6 Å². The van der Waals surface area contributed by atoms with Crippen LogP contribution in [0.25, 0.3) is 0 Å². The Hall–Kier alpha value is -3.96. The fraction of sp³-hybridized carbons (Fsp3) is 0.405. The van der Waals surface area contributed by atoms with Crippen LogP contribution in [0, 0.1) is 6.92 Å². The van der Waals surface area contributed by atoms with Crippen molar-refractivity contribution in [2.24, 2.45) is 0 Å². The van der Waals surface area contributed by atoms with E-state index < -0.39 is 43.6 Å². The fourth-order valence-electron chi connectivity index (χ4n) is 5.71. The summed E-state index contributed by atoms with van der Waals surface area (Å²) in [6.45, 7) is 12.9. The molecule has 2 heterocycles. The molecule has 9 nitrogen and oxygen atoms in total. The zero-order valence-electron chi connectivity index (χ0n) is 28.5. The van der Waals surface area contributed by atoms with Gasteiger partial charge < -0.3 is 23.4 Å². The van der Waals surface area contributed by atoms with Gasteiger partial charge in [0.2, 0.25) is 0 Å². The Morgan fingerprint density at radius 2 is 1.38 bits per heavy atom. The van der Waals surface area contributed by atoms with Gasteiger partial charge in [0.05, 0.1) is 26.9 Å². The van der Waals surface area contributed by atoms with Crippen LogP contribution in [0.5, 0.6) is 11.5 Å². The molecule has 1 aliphatic heterocycles. The van der Waals surface area contributed by atoms with Crippen molar-refractivity contribution in [2.45, 2.75) is 76.3 Å². The van der Waals surface area contributed by atoms with Crippen LogP contribution in [0.1, 0.15) is 55.7 Å². The van der Waals surface area contributed by atoms with E-state index in [0.29, 0.717) is 12.0 Å². The summed E-state index contributed by atoms with van der Waals surface area (Å²) in [6.07, 6.45) is 0.173. The van der Waals surface area contributed by atoms with Crippen molar-refractivity contribution in [3.05, 3.63) is 128 Å². The molecule has 0 aliphatic carbocycles. The summed E-state index contributed by atoms with van der Waals surface area (Å²) in [7, 11) is 1.10. The van der Waals surface area contributed by atoms with Gasteiger partial charge in [0.15, 0.2) is 8.32 Å². The molecule has 1 saturated heterocycles.